The van der Waals surface area contributed by atoms with Crippen LogP contribution in [0.15, 0.2) is 6.20 Å². The van der Waals surface area contributed by atoms with Crippen LogP contribution in [0.2, 0.25) is 0 Å². The molecule has 0 aliphatic heterocycles. The number of hydrogen-bond donors (Lipinski definition) is 0. The second-order valence-corrected chi connectivity index (χ2v) is 6.78. The summed E-state index contributed by atoms with van der Waals surface area (Å²) in [6.07, 6.45) is 5.53. The van der Waals surface area contributed by atoms with Crippen LogP contribution in [0.1, 0.15) is 29.1 Å². The Hall–Kier alpha value is -0.900. The summed E-state index contributed by atoms with van der Waals surface area (Å²) in [5.74, 6) is 2.40. The van der Waals surface area contributed by atoms with Gasteiger partial charge in [0.2, 0.25) is 5.91 Å². The van der Waals surface area contributed by atoms with E-state index in [-0.39, 0.29) is 0 Å². The SMILES string of the molecule is Cc1ncc(CN(C)C(=O)C2CC3CC3C2)s1. The molecule has 92 valence electrons. The van der Waals surface area contributed by atoms with Crippen molar-refractivity contribution in [3.8, 4) is 0 Å². The van der Waals surface area contributed by atoms with Crippen LogP contribution in [0.3, 0.4) is 0 Å². The van der Waals surface area contributed by atoms with Crippen molar-refractivity contribution >= 4 is 17.2 Å². The highest BCUT2D eigenvalue weighted by molar-refractivity contribution is 7.11. The average Bonchev–Trinajstić information content (AvgIpc) is 2.72. The number of aromatic nitrogens is 1. The molecule has 1 aromatic heterocycles. The summed E-state index contributed by atoms with van der Waals surface area (Å²) in [6.45, 7) is 2.72. The molecule has 2 unspecified atom stereocenters. The third-order valence-electron chi connectivity index (χ3n) is 4.03. The zero-order chi connectivity index (χ0) is 12.0. The van der Waals surface area contributed by atoms with Crippen LogP contribution in [0.25, 0.3) is 0 Å². The van der Waals surface area contributed by atoms with E-state index in [0.717, 1.165) is 36.2 Å². The normalized spacial score (nSPS) is 30.1. The van der Waals surface area contributed by atoms with Gasteiger partial charge in [0.25, 0.3) is 0 Å². The number of fused-ring (bicyclic) bond motifs is 1. The van der Waals surface area contributed by atoms with E-state index in [1.165, 1.54) is 11.3 Å². The van der Waals surface area contributed by atoms with Gasteiger partial charge in [-0.3, -0.25) is 4.79 Å². The number of carbonyl (C=O) groups excluding carboxylic acids is 1. The molecule has 17 heavy (non-hydrogen) atoms. The molecule has 2 saturated carbocycles. The lowest BCUT2D eigenvalue weighted by atomic mass is 10.0. The van der Waals surface area contributed by atoms with Crippen molar-refractivity contribution in [2.45, 2.75) is 32.7 Å². The van der Waals surface area contributed by atoms with Gasteiger partial charge in [-0.1, -0.05) is 0 Å². The average molecular weight is 250 g/mol. The molecule has 0 radical (unpaired) electrons. The third kappa shape index (κ3) is 2.23. The molecular weight excluding hydrogens is 232 g/mol. The van der Waals surface area contributed by atoms with Crippen LogP contribution in [0.5, 0.6) is 0 Å². The molecule has 1 aromatic rings. The van der Waals surface area contributed by atoms with Crippen LogP contribution in [-0.2, 0) is 11.3 Å². The predicted molar refractivity (Wildman–Crippen MR) is 67.6 cm³/mol. The van der Waals surface area contributed by atoms with Gasteiger partial charge < -0.3 is 4.90 Å². The van der Waals surface area contributed by atoms with Gasteiger partial charge in [0.05, 0.1) is 11.6 Å². The van der Waals surface area contributed by atoms with Crippen molar-refractivity contribution in [3.05, 3.63) is 16.1 Å². The number of carbonyl (C=O) groups is 1. The zero-order valence-electron chi connectivity index (χ0n) is 10.3. The molecule has 2 fully saturated rings. The molecule has 4 heteroatoms. The third-order valence-corrected chi connectivity index (χ3v) is 4.93. The van der Waals surface area contributed by atoms with Crippen LogP contribution in [-0.4, -0.2) is 22.8 Å². The summed E-state index contributed by atoms with van der Waals surface area (Å²) in [6, 6.07) is 0. The highest BCUT2D eigenvalue weighted by Gasteiger charge is 2.48. The van der Waals surface area contributed by atoms with E-state index in [0.29, 0.717) is 11.8 Å². The summed E-state index contributed by atoms with van der Waals surface area (Å²) in [5, 5.41) is 1.07. The highest BCUT2D eigenvalue weighted by atomic mass is 32.1. The Labute approximate surface area is 106 Å². The van der Waals surface area contributed by atoms with Crippen molar-refractivity contribution in [2.24, 2.45) is 17.8 Å². The molecule has 3 nitrogen and oxygen atoms in total. The first-order valence-electron chi connectivity index (χ1n) is 6.29. The van der Waals surface area contributed by atoms with Gasteiger partial charge in [-0.15, -0.1) is 11.3 Å². The van der Waals surface area contributed by atoms with Gasteiger partial charge in [0, 0.05) is 24.0 Å². The van der Waals surface area contributed by atoms with Crippen molar-refractivity contribution in [1.82, 2.24) is 9.88 Å². The Morgan fingerprint density at radius 3 is 2.76 bits per heavy atom. The summed E-state index contributed by atoms with van der Waals surface area (Å²) < 4.78 is 0. The van der Waals surface area contributed by atoms with Crippen molar-refractivity contribution in [1.29, 1.82) is 0 Å². The minimum absolute atomic E-state index is 0.303. The fourth-order valence-electron chi connectivity index (χ4n) is 3.02. The molecule has 2 atom stereocenters. The molecular formula is C13H18N2OS. The van der Waals surface area contributed by atoms with Crippen LogP contribution in [0, 0.1) is 24.7 Å². The first-order chi connectivity index (χ1) is 8.13. The maximum atomic E-state index is 12.2. The Bertz CT molecular complexity index is 432. The quantitative estimate of drug-likeness (QED) is 0.825. The number of hydrogen-bond acceptors (Lipinski definition) is 3. The van der Waals surface area contributed by atoms with E-state index >= 15 is 0 Å². The van der Waals surface area contributed by atoms with Crippen LogP contribution >= 0.6 is 11.3 Å². The van der Waals surface area contributed by atoms with Crippen molar-refractivity contribution < 1.29 is 4.79 Å². The van der Waals surface area contributed by atoms with E-state index in [9.17, 15) is 4.79 Å². The van der Waals surface area contributed by atoms with E-state index in [1.54, 1.807) is 11.3 Å². The van der Waals surface area contributed by atoms with Gasteiger partial charge in [-0.2, -0.15) is 0 Å². The van der Waals surface area contributed by atoms with Crippen molar-refractivity contribution in [3.63, 3.8) is 0 Å². The van der Waals surface area contributed by atoms with Gasteiger partial charge in [-0.05, 0) is 38.0 Å². The summed E-state index contributed by atoms with van der Waals surface area (Å²) in [4.78, 5) is 19.5. The topological polar surface area (TPSA) is 33.2 Å². The van der Waals surface area contributed by atoms with Crippen LogP contribution < -0.4 is 0 Å². The standard InChI is InChI=1S/C13H18N2OS/c1-8-14-6-12(17-8)7-15(2)13(16)11-4-9-3-10(9)5-11/h6,9-11H,3-5,7H2,1-2H3. The molecule has 1 heterocycles. The molecule has 0 bridgehead atoms. The number of nitrogens with zero attached hydrogens (tertiary/aromatic N) is 2. The molecule has 1 amide bonds. The monoisotopic (exact) mass is 250 g/mol. The molecule has 0 spiro atoms. The second kappa shape index (κ2) is 4.09. The largest absolute Gasteiger partial charge is 0.340 e. The predicted octanol–water partition coefficient (Wildman–Crippen LogP) is 2.46. The fourth-order valence-corrected chi connectivity index (χ4v) is 3.87. The maximum absolute atomic E-state index is 12.2. The Morgan fingerprint density at radius 1 is 1.47 bits per heavy atom. The molecule has 0 saturated heterocycles. The molecule has 3 rings (SSSR count). The number of amides is 1. The number of thiazole rings is 1. The first kappa shape index (κ1) is 11.2. The Balaban J connectivity index is 1.58. The lowest BCUT2D eigenvalue weighted by Gasteiger charge is -2.21. The smallest absolute Gasteiger partial charge is 0.225 e. The van der Waals surface area contributed by atoms with Gasteiger partial charge in [-0.25, -0.2) is 4.98 Å². The lowest BCUT2D eigenvalue weighted by molar-refractivity contribution is -0.134. The summed E-state index contributed by atoms with van der Waals surface area (Å²) in [5.41, 5.74) is 0. The van der Waals surface area contributed by atoms with Crippen LogP contribution in [0.4, 0.5) is 0 Å². The van der Waals surface area contributed by atoms with Gasteiger partial charge in [0.1, 0.15) is 0 Å². The van der Waals surface area contributed by atoms with E-state index in [4.69, 9.17) is 0 Å². The molecule has 0 aromatic carbocycles. The van der Waals surface area contributed by atoms with E-state index in [1.807, 2.05) is 25.1 Å². The Morgan fingerprint density at radius 2 is 2.18 bits per heavy atom. The minimum atomic E-state index is 0.303. The Kier molecular flexibility index (Phi) is 2.69. The first-order valence-corrected chi connectivity index (χ1v) is 7.11. The number of rotatable bonds is 3. The molecule has 0 N–H and O–H groups in total. The fraction of sp³-hybridized carbons (Fsp3) is 0.692. The maximum Gasteiger partial charge on any atom is 0.225 e. The second-order valence-electron chi connectivity index (χ2n) is 5.46. The zero-order valence-corrected chi connectivity index (χ0v) is 11.2. The highest BCUT2D eigenvalue weighted by Crippen LogP contribution is 2.54. The lowest BCUT2D eigenvalue weighted by Crippen LogP contribution is -2.31. The molecule has 2 aliphatic rings. The van der Waals surface area contributed by atoms with E-state index < -0.39 is 0 Å². The van der Waals surface area contributed by atoms with Gasteiger partial charge >= 0.3 is 0 Å². The number of aryl methyl sites for hydroxylation is 1. The molecule has 2 aliphatic carbocycles. The summed E-state index contributed by atoms with van der Waals surface area (Å²) in [7, 11) is 1.92. The van der Waals surface area contributed by atoms with Crippen molar-refractivity contribution in [2.75, 3.05) is 7.05 Å². The van der Waals surface area contributed by atoms with Gasteiger partial charge in [0.15, 0.2) is 0 Å². The summed E-state index contributed by atoms with van der Waals surface area (Å²) >= 11 is 1.68. The van der Waals surface area contributed by atoms with E-state index in [2.05, 4.69) is 4.98 Å². The minimum Gasteiger partial charge on any atom is -0.340 e.